The van der Waals surface area contributed by atoms with Crippen LogP contribution in [0.25, 0.3) is 0 Å². The van der Waals surface area contributed by atoms with E-state index in [2.05, 4.69) is 15.6 Å². The van der Waals surface area contributed by atoms with Gasteiger partial charge in [0, 0.05) is 27.7 Å². The van der Waals surface area contributed by atoms with Gasteiger partial charge in [-0.15, -0.1) is 11.3 Å². The van der Waals surface area contributed by atoms with Gasteiger partial charge in [0.05, 0.1) is 14.2 Å². The zero-order valence-corrected chi connectivity index (χ0v) is 17.5. The number of hydrogen-bond donors (Lipinski definition) is 2. The summed E-state index contributed by atoms with van der Waals surface area (Å²) in [6.07, 6.45) is 0. The van der Waals surface area contributed by atoms with E-state index in [1.165, 1.54) is 14.2 Å². The van der Waals surface area contributed by atoms with Crippen molar-refractivity contribution in [2.45, 2.75) is 6.92 Å². The highest BCUT2D eigenvalue weighted by Gasteiger charge is 2.15. The number of aromatic nitrogens is 1. The topological polar surface area (TPSA) is 89.6 Å². The third-order valence-electron chi connectivity index (χ3n) is 4.00. The summed E-state index contributed by atoms with van der Waals surface area (Å²) in [7, 11) is 3.01. The lowest BCUT2D eigenvalue weighted by molar-refractivity contribution is 0.101. The van der Waals surface area contributed by atoms with E-state index < -0.39 is 11.8 Å². The number of hydrogen-bond acceptors (Lipinski definition) is 6. The zero-order chi connectivity index (χ0) is 21.0. The Balaban J connectivity index is 1.70. The fourth-order valence-electron chi connectivity index (χ4n) is 2.41. The van der Waals surface area contributed by atoms with Crippen molar-refractivity contribution in [3.05, 3.63) is 63.6 Å². The molecule has 0 saturated carbocycles. The van der Waals surface area contributed by atoms with Crippen molar-refractivity contribution in [2.75, 3.05) is 24.9 Å². The van der Waals surface area contributed by atoms with Crippen molar-refractivity contribution >= 4 is 45.6 Å². The molecular weight excluding hydrogens is 414 g/mol. The average Bonchev–Trinajstić information content (AvgIpc) is 3.18. The van der Waals surface area contributed by atoms with E-state index in [1.807, 2.05) is 13.0 Å². The third-order valence-corrected chi connectivity index (χ3v) is 5.17. The minimum absolute atomic E-state index is 0.185. The monoisotopic (exact) mass is 431 g/mol. The number of halogens is 1. The molecule has 0 spiro atoms. The summed E-state index contributed by atoms with van der Waals surface area (Å²) in [5.41, 5.74) is 2.01. The van der Waals surface area contributed by atoms with E-state index in [9.17, 15) is 9.59 Å². The molecule has 3 rings (SSSR count). The minimum Gasteiger partial charge on any atom is -0.497 e. The molecule has 1 aromatic heterocycles. The van der Waals surface area contributed by atoms with Crippen LogP contribution < -0.4 is 20.1 Å². The third kappa shape index (κ3) is 5.04. The van der Waals surface area contributed by atoms with Gasteiger partial charge in [0.2, 0.25) is 0 Å². The molecule has 2 N–H and O–H groups in total. The second-order valence-corrected chi connectivity index (χ2v) is 7.28. The molecule has 3 aromatic rings. The summed E-state index contributed by atoms with van der Waals surface area (Å²) in [6, 6.07) is 10.1. The van der Waals surface area contributed by atoms with Gasteiger partial charge < -0.3 is 14.8 Å². The lowest BCUT2D eigenvalue weighted by Crippen LogP contribution is -2.14. The fraction of sp³-hybridized carbons (Fsp3) is 0.150. The van der Waals surface area contributed by atoms with Crippen molar-refractivity contribution in [3.63, 3.8) is 0 Å². The number of amides is 2. The number of aryl methyl sites for hydroxylation is 1. The van der Waals surface area contributed by atoms with Crippen LogP contribution in [-0.2, 0) is 0 Å². The molecule has 2 aromatic carbocycles. The van der Waals surface area contributed by atoms with Crippen molar-refractivity contribution in [1.82, 2.24) is 4.98 Å². The van der Waals surface area contributed by atoms with Crippen LogP contribution in [0.3, 0.4) is 0 Å². The molecule has 0 bridgehead atoms. The van der Waals surface area contributed by atoms with E-state index >= 15 is 0 Å². The molecule has 0 fully saturated rings. The van der Waals surface area contributed by atoms with Crippen LogP contribution >= 0.6 is 22.9 Å². The molecule has 0 unspecified atom stereocenters. The van der Waals surface area contributed by atoms with Gasteiger partial charge in [-0.25, -0.2) is 4.98 Å². The Bertz CT molecular complexity index is 1050. The molecule has 9 heteroatoms. The molecular formula is C20H18ClN3O4S. The first-order chi connectivity index (χ1) is 13.9. The first-order valence-electron chi connectivity index (χ1n) is 8.47. The highest BCUT2D eigenvalue weighted by atomic mass is 35.5. The van der Waals surface area contributed by atoms with Gasteiger partial charge in [-0.1, -0.05) is 17.7 Å². The van der Waals surface area contributed by atoms with Crippen LogP contribution in [0.1, 0.15) is 26.4 Å². The standard InChI is InChI=1S/C20H18ClN3O4S/c1-11-4-5-13(8-16(11)21)22-19(26)17-10-29-20(23-17)24-18(25)12-6-14(27-2)9-15(7-12)28-3/h4-10H,1-3H3,(H,22,26)(H,23,24,25). The highest BCUT2D eigenvalue weighted by Crippen LogP contribution is 2.25. The number of carbonyl (C=O) groups is 2. The molecule has 0 aliphatic rings. The molecule has 7 nitrogen and oxygen atoms in total. The summed E-state index contributed by atoms with van der Waals surface area (Å²) in [4.78, 5) is 29.1. The normalized spacial score (nSPS) is 10.3. The molecule has 0 saturated heterocycles. The van der Waals surface area contributed by atoms with Crippen LogP contribution in [0.2, 0.25) is 5.02 Å². The molecule has 150 valence electrons. The van der Waals surface area contributed by atoms with E-state index in [4.69, 9.17) is 21.1 Å². The largest absolute Gasteiger partial charge is 0.497 e. The number of ether oxygens (including phenoxy) is 2. The summed E-state index contributed by atoms with van der Waals surface area (Å²) in [6.45, 7) is 1.88. The molecule has 2 amide bonds. The summed E-state index contributed by atoms with van der Waals surface area (Å²) >= 11 is 7.22. The lowest BCUT2D eigenvalue weighted by atomic mass is 10.2. The first kappa shape index (κ1) is 20.6. The van der Waals surface area contributed by atoms with Gasteiger partial charge in [-0.05, 0) is 36.8 Å². The lowest BCUT2D eigenvalue weighted by Gasteiger charge is -2.08. The number of benzene rings is 2. The van der Waals surface area contributed by atoms with Crippen molar-refractivity contribution in [2.24, 2.45) is 0 Å². The molecule has 0 aliphatic carbocycles. The maximum absolute atomic E-state index is 12.5. The van der Waals surface area contributed by atoms with Crippen LogP contribution in [0, 0.1) is 6.92 Å². The predicted octanol–water partition coefficient (Wildman–Crippen LogP) is 4.63. The quantitative estimate of drug-likeness (QED) is 0.594. The maximum atomic E-state index is 12.5. The number of thiazole rings is 1. The van der Waals surface area contributed by atoms with E-state index in [1.54, 1.807) is 35.7 Å². The van der Waals surface area contributed by atoms with Gasteiger partial charge in [-0.3, -0.25) is 14.9 Å². The van der Waals surface area contributed by atoms with Gasteiger partial charge in [0.1, 0.15) is 17.2 Å². The van der Waals surface area contributed by atoms with Gasteiger partial charge in [-0.2, -0.15) is 0 Å². The number of nitrogens with one attached hydrogen (secondary N) is 2. The Morgan fingerprint density at radius 1 is 1.00 bits per heavy atom. The summed E-state index contributed by atoms with van der Waals surface area (Å²) in [5.74, 6) is 0.189. The Hall–Kier alpha value is -3.10. The van der Waals surface area contributed by atoms with Gasteiger partial charge in [0.25, 0.3) is 11.8 Å². The van der Waals surface area contributed by atoms with Crippen LogP contribution in [0.5, 0.6) is 11.5 Å². The molecule has 0 radical (unpaired) electrons. The number of nitrogens with zero attached hydrogens (tertiary/aromatic N) is 1. The Morgan fingerprint density at radius 2 is 1.69 bits per heavy atom. The van der Waals surface area contributed by atoms with Gasteiger partial charge in [0.15, 0.2) is 5.13 Å². The van der Waals surface area contributed by atoms with E-state index in [0.29, 0.717) is 32.9 Å². The van der Waals surface area contributed by atoms with Crippen LogP contribution in [0.4, 0.5) is 10.8 Å². The smallest absolute Gasteiger partial charge is 0.275 e. The van der Waals surface area contributed by atoms with Crippen LogP contribution in [-0.4, -0.2) is 31.0 Å². The average molecular weight is 432 g/mol. The fourth-order valence-corrected chi connectivity index (χ4v) is 3.28. The van der Waals surface area contributed by atoms with Gasteiger partial charge >= 0.3 is 0 Å². The molecule has 29 heavy (non-hydrogen) atoms. The second-order valence-electron chi connectivity index (χ2n) is 6.01. The summed E-state index contributed by atoms with van der Waals surface area (Å²) in [5, 5.41) is 7.82. The molecule has 0 aliphatic heterocycles. The Kier molecular flexibility index (Phi) is 6.36. The second kappa shape index (κ2) is 8.93. The zero-order valence-electron chi connectivity index (χ0n) is 15.9. The van der Waals surface area contributed by atoms with Crippen molar-refractivity contribution < 1.29 is 19.1 Å². The first-order valence-corrected chi connectivity index (χ1v) is 9.73. The van der Waals surface area contributed by atoms with E-state index in [0.717, 1.165) is 16.9 Å². The number of anilines is 2. The van der Waals surface area contributed by atoms with Crippen molar-refractivity contribution in [3.8, 4) is 11.5 Å². The van der Waals surface area contributed by atoms with Crippen molar-refractivity contribution in [1.29, 1.82) is 0 Å². The Morgan fingerprint density at radius 3 is 2.31 bits per heavy atom. The maximum Gasteiger partial charge on any atom is 0.275 e. The Labute approximate surface area is 176 Å². The minimum atomic E-state index is -0.398. The van der Waals surface area contributed by atoms with Crippen LogP contribution in [0.15, 0.2) is 41.8 Å². The molecule has 0 atom stereocenters. The molecule has 1 heterocycles. The van der Waals surface area contributed by atoms with E-state index in [-0.39, 0.29) is 5.69 Å². The number of methoxy groups -OCH3 is 2. The number of carbonyl (C=O) groups excluding carboxylic acids is 2. The summed E-state index contributed by atoms with van der Waals surface area (Å²) < 4.78 is 10.3. The SMILES string of the molecule is COc1cc(OC)cc(C(=O)Nc2nc(C(=O)Nc3ccc(C)c(Cl)c3)cs2)c1. The number of rotatable bonds is 6. The predicted molar refractivity (Wildman–Crippen MR) is 114 cm³/mol. The highest BCUT2D eigenvalue weighted by molar-refractivity contribution is 7.14.